The number of carbonyl (C=O) groups is 1. The lowest BCUT2D eigenvalue weighted by Gasteiger charge is -2.31. The number of nitrogens with zero attached hydrogens (tertiary/aromatic N) is 2. The van der Waals surface area contributed by atoms with Crippen molar-refractivity contribution in [3.63, 3.8) is 0 Å². The third kappa shape index (κ3) is 4.70. The molecule has 0 bridgehead atoms. The second-order valence-corrected chi connectivity index (χ2v) is 8.00. The van der Waals surface area contributed by atoms with Gasteiger partial charge in [-0.15, -0.1) is 0 Å². The first kappa shape index (κ1) is 19.0. The highest BCUT2D eigenvalue weighted by atomic mass is 32.2. The SMILES string of the molecule is C[C@H](Oc1ccccc1C#N)C(=O)N(C)[C@@H](C)[C@@H](C)S(C)(=O)=O. The van der Waals surface area contributed by atoms with Gasteiger partial charge in [0.25, 0.3) is 5.91 Å². The van der Waals surface area contributed by atoms with E-state index in [9.17, 15) is 13.2 Å². The molecule has 6 nitrogen and oxygen atoms in total. The molecule has 0 N–H and O–H groups in total. The lowest BCUT2D eigenvalue weighted by Crippen LogP contribution is -2.48. The molecule has 1 aromatic carbocycles. The molecule has 126 valence electrons. The minimum Gasteiger partial charge on any atom is -0.480 e. The zero-order valence-electron chi connectivity index (χ0n) is 14.0. The minimum absolute atomic E-state index is 0.327. The second-order valence-electron chi connectivity index (χ2n) is 5.59. The fourth-order valence-corrected chi connectivity index (χ4v) is 2.96. The van der Waals surface area contributed by atoms with Crippen LogP contribution in [0.1, 0.15) is 26.3 Å². The van der Waals surface area contributed by atoms with Gasteiger partial charge in [0, 0.05) is 19.3 Å². The lowest BCUT2D eigenvalue weighted by molar-refractivity contribution is -0.138. The van der Waals surface area contributed by atoms with E-state index in [-0.39, 0.29) is 5.91 Å². The van der Waals surface area contributed by atoms with E-state index < -0.39 is 27.2 Å². The van der Waals surface area contributed by atoms with E-state index >= 15 is 0 Å². The molecule has 0 aliphatic heterocycles. The van der Waals surface area contributed by atoms with Gasteiger partial charge in [0.1, 0.15) is 11.8 Å². The normalized spacial score (nSPS) is 15.1. The summed E-state index contributed by atoms with van der Waals surface area (Å²) in [5, 5.41) is 8.35. The highest BCUT2D eigenvalue weighted by molar-refractivity contribution is 7.91. The third-order valence-corrected chi connectivity index (χ3v) is 5.72. The number of rotatable bonds is 6. The zero-order chi connectivity index (χ0) is 17.8. The number of benzene rings is 1. The zero-order valence-corrected chi connectivity index (χ0v) is 14.8. The average Bonchev–Trinajstić information content (AvgIpc) is 2.51. The fourth-order valence-electron chi connectivity index (χ4n) is 2.06. The van der Waals surface area contributed by atoms with E-state index in [1.165, 1.54) is 4.90 Å². The van der Waals surface area contributed by atoms with Gasteiger partial charge in [-0.05, 0) is 32.9 Å². The summed E-state index contributed by atoms with van der Waals surface area (Å²) in [5.41, 5.74) is 0.340. The number of nitriles is 1. The Kier molecular flexibility index (Phi) is 6.16. The Balaban J connectivity index is 2.86. The standard InChI is InChI=1S/C16H22N2O4S/c1-11(13(3)23(5,20)21)18(4)16(19)12(2)22-15-9-7-6-8-14(15)10-17/h6-9,11-13H,1-5H3/t11-,12-,13+/m0/s1. The number of hydrogen-bond donors (Lipinski definition) is 0. The molecule has 3 atom stereocenters. The summed E-state index contributed by atoms with van der Waals surface area (Å²) in [7, 11) is -1.71. The van der Waals surface area contributed by atoms with Crippen LogP contribution in [0.15, 0.2) is 24.3 Å². The van der Waals surface area contributed by atoms with Crippen LogP contribution in [-0.4, -0.2) is 49.9 Å². The van der Waals surface area contributed by atoms with Crippen molar-refractivity contribution in [1.82, 2.24) is 4.90 Å². The predicted molar refractivity (Wildman–Crippen MR) is 87.8 cm³/mol. The molecule has 0 radical (unpaired) electrons. The van der Waals surface area contributed by atoms with Crippen molar-refractivity contribution in [2.45, 2.75) is 38.2 Å². The van der Waals surface area contributed by atoms with Crippen molar-refractivity contribution in [3.05, 3.63) is 29.8 Å². The van der Waals surface area contributed by atoms with Crippen molar-refractivity contribution in [2.24, 2.45) is 0 Å². The molecule has 7 heteroatoms. The highest BCUT2D eigenvalue weighted by Gasteiger charge is 2.30. The van der Waals surface area contributed by atoms with Crippen molar-refractivity contribution in [3.8, 4) is 11.8 Å². The molecular formula is C16H22N2O4S. The van der Waals surface area contributed by atoms with Gasteiger partial charge in [0.05, 0.1) is 10.8 Å². The maximum absolute atomic E-state index is 12.4. The smallest absolute Gasteiger partial charge is 0.263 e. The maximum Gasteiger partial charge on any atom is 0.263 e. The summed E-state index contributed by atoms with van der Waals surface area (Å²) in [5.74, 6) is -0.0196. The van der Waals surface area contributed by atoms with Crippen LogP contribution >= 0.6 is 0 Å². The molecule has 0 unspecified atom stereocenters. The quantitative estimate of drug-likeness (QED) is 0.786. The van der Waals surface area contributed by atoms with Crippen LogP contribution in [0.3, 0.4) is 0 Å². The second kappa shape index (κ2) is 7.47. The summed E-state index contributed by atoms with van der Waals surface area (Å²) in [6.07, 6.45) is 0.318. The molecule has 0 saturated heterocycles. The Bertz CT molecular complexity index is 709. The molecule has 23 heavy (non-hydrogen) atoms. The highest BCUT2D eigenvalue weighted by Crippen LogP contribution is 2.19. The van der Waals surface area contributed by atoms with Crippen molar-refractivity contribution < 1.29 is 17.9 Å². The summed E-state index contributed by atoms with van der Waals surface area (Å²) < 4.78 is 28.8. The van der Waals surface area contributed by atoms with Crippen molar-refractivity contribution in [1.29, 1.82) is 5.26 Å². The van der Waals surface area contributed by atoms with Crippen LogP contribution < -0.4 is 4.74 Å². The van der Waals surface area contributed by atoms with Crippen LogP contribution in [0.2, 0.25) is 0 Å². The first-order valence-electron chi connectivity index (χ1n) is 7.21. The van der Waals surface area contributed by atoms with E-state index in [0.717, 1.165) is 6.26 Å². The third-order valence-electron chi connectivity index (χ3n) is 3.97. The Labute approximate surface area is 137 Å². The van der Waals surface area contributed by atoms with E-state index in [0.29, 0.717) is 11.3 Å². The topological polar surface area (TPSA) is 87.5 Å². The van der Waals surface area contributed by atoms with Gasteiger partial charge in [0.15, 0.2) is 15.9 Å². The number of hydrogen-bond acceptors (Lipinski definition) is 5. The van der Waals surface area contributed by atoms with Gasteiger partial charge in [-0.1, -0.05) is 12.1 Å². The molecule has 1 amide bonds. The molecule has 0 aliphatic carbocycles. The number of carbonyl (C=O) groups excluding carboxylic acids is 1. The fraction of sp³-hybridized carbons (Fsp3) is 0.500. The van der Waals surface area contributed by atoms with Crippen LogP contribution in [0.4, 0.5) is 0 Å². The Morgan fingerprint density at radius 3 is 2.35 bits per heavy atom. The van der Waals surface area contributed by atoms with Crippen LogP contribution in [0, 0.1) is 11.3 Å². The molecule has 0 spiro atoms. The summed E-state index contributed by atoms with van der Waals surface area (Å²) >= 11 is 0. The molecule has 0 heterocycles. The van der Waals surface area contributed by atoms with Crippen molar-refractivity contribution in [2.75, 3.05) is 13.3 Å². The summed E-state index contributed by atoms with van der Waals surface area (Å²) in [4.78, 5) is 13.8. The number of sulfone groups is 1. The Morgan fingerprint density at radius 2 is 1.83 bits per heavy atom. The molecule has 0 saturated carbocycles. The van der Waals surface area contributed by atoms with Gasteiger partial charge in [0.2, 0.25) is 0 Å². The Morgan fingerprint density at radius 1 is 1.26 bits per heavy atom. The number of amides is 1. The molecule has 1 aromatic rings. The number of para-hydroxylation sites is 1. The first-order valence-corrected chi connectivity index (χ1v) is 9.16. The first-order chi connectivity index (χ1) is 10.6. The molecule has 0 aromatic heterocycles. The van der Waals surface area contributed by atoms with E-state index in [2.05, 4.69) is 0 Å². The Hall–Kier alpha value is -2.07. The molecular weight excluding hydrogens is 316 g/mol. The van der Waals surface area contributed by atoms with Crippen LogP contribution in [0.25, 0.3) is 0 Å². The van der Waals surface area contributed by atoms with E-state index in [1.807, 2.05) is 6.07 Å². The maximum atomic E-state index is 12.4. The van der Waals surface area contributed by atoms with Gasteiger partial charge < -0.3 is 9.64 Å². The van der Waals surface area contributed by atoms with Crippen LogP contribution in [0.5, 0.6) is 5.75 Å². The molecule has 0 aliphatic rings. The largest absolute Gasteiger partial charge is 0.480 e. The van der Waals surface area contributed by atoms with Gasteiger partial charge >= 0.3 is 0 Å². The predicted octanol–water partition coefficient (Wildman–Crippen LogP) is 1.61. The average molecular weight is 338 g/mol. The number of ether oxygens (including phenoxy) is 1. The number of likely N-dealkylation sites (N-methyl/N-ethyl adjacent to an activating group) is 1. The van der Waals surface area contributed by atoms with Crippen molar-refractivity contribution >= 4 is 15.7 Å². The van der Waals surface area contributed by atoms with Gasteiger partial charge in [-0.3, -0.25) is 4.79 Å². The molecule has 1 rings (SSSR count). The summed E-state index contributed by atoms with van der Waals surface area (Å²) in [6, 6.07) is 8.15. The van der Waals surface area contributed by atoms with Gasteiger partial charge in [-0.25, -0.2) is 8.42 Å². The lowest BCUT2D eigenvalue weighted by atomic mass is 10.2. The summed E-state index contributed by atoms with van der Waals surface area (Å²) in [6.45, 7) is 4.82. The van der Waals surface area contributed by atoms with E-state index in [4.69, 9.17) is 10.00 Å². The van der Waals surface area contributed by atoms with Crippen LogP contribution in [-0.2, 0) is 14.6 Å². The molecule has 0 fully saturated rings. The minimum atomic E-state index is -3.25. The monoisotopic (exact) mass is 338 g/mol. The van der Waals surface area contributed by atoms with E-state index in [1.54, 1.807) is 52.1 Å². The van der Waals surface area contributed by atoms with Gasteiger partial charge in [-0.2, -0.15) is 5.26 Å².